The first-order chi connectivity index (χ1) is 18.2. The third kappa shape index (κ3) is 5.16. The third-order valence-electron chi connectivity index (χ3n) is 6.88. The summed E-state index contributed by atoms with van der Waals surface area (Å²) in [6.45, 7) is 6.48. The number of alkyl halides is 1. The number of benzene rings is 2. The lowest BCUT2D eigenvalue weighted by atomic mass is 9.85. The van der Waals surface area contributed by atoms with Gasteiger partial charge in [0.15, 0.2) is 11.6 Å². The van der Waals surface area contributed by atoms with Gasteiger partial charge in [0, 0.05) is 24.2 Å². The van der Waals surface area contributed by atoms with Crippen molar-refractivity contribution in [1.29, 1.82) is 5.26 Å². The van der Waals surface area contributed by atoms with Crippen LogP contribution in [0.2, 0.25) is 0 Å². The van der Waals surface area contributed by atoms with E-state index in [1.165, 1.54) is 6.33 Å². The van der Waals surface area contributed by atoms with Crippen LogP contribution in [0.3, 0.4) is 0 Å². The highest BCUT2D eigenvalue weighted by atomic mass is 19.1. The summed E-state index contributed by atoms with van der Waals surface area (Å²) in [6.07, 6.45) is 2.86. The molecular weight excluding hydrogens is 481 g/mol. The van der Waals surface area contributed by atoms with Gasteiger partial charge in [-0.15, -0.1) is 0 Å². The van der Waals surface area contributed by atoms with Gasteiger partial charge < -0.3 is 10.2 Å². The van der Waals surface area contributed by atoms with Gasteiger partial charge in [0.25, 0.3) is 0 Å². The first-order valence-electron chi connectivity index (χ1n) is 12.5. The second kappa shape index (κ2) is 10.1. The smallest absolute Gasteiger partial charge is 0.226 e. The number of halogens is 1. The van der Waals surface area contributed by atoms with Gasteiger partial charge in [-0.25, -0.2) is 24.3 Å². The molecule has 0 unspecified atom stereocenters. The number of rotatable bonds is 7. The van der Waals surface area contributed by atoms with Crippen LogP contribution in [0.4, 0.5) is 21.8 Å². The number of nitrogens with zero attached hydrogens (tertiary/aromatic N) is 6. The van der Waals surface area contributed by atoms with Gasteiger partial charge in [0.1, 0.15) is 23.5 Å². The summed E-state index contributed by atoms with van der Waals surface area (Å²) in [6, 6.07) is 15.4. The minimum absolute atomic E-state index is 0.0305. The van der Waals surface area contributed by atoms with Crippen molar-refractivity contribution in [3.63, 3.8) is 0 Å². The van der Waals surface area contributed by atoms with Crippen molar-refractivity contribution in [2.24, 2.45) is 0 Å². The zero-order valence-corrected chi connectivity index (χ0v) is 21.6. The van der Waals surface area contributed by atoms with E-state index >= 15 is 0 Å². The Labute approximate surface area is 220 Å². The third-order valence-corrected chi connectivity index (χ3v) is 6.88. The second-order valence-electron chi connectivity index (χ2n) is 10.1. The molecule has 0 aliphatic carbocycles. The minimum Gasteiger partial charge on any atom is -0.338 e. The predicted octanol–water partition coefficient (Wildman–Crippen LogP) is 5.25. The molecule has 3 heterocycles. The Bertz CT molecular complexity index is 1560. The van der Waals surface area contributed by atoms with E-state index in [0.717, 1.165) is 22.4 Å². The van der Waals surface area contributed by atoms with Crippen molar-refractivity contribution in [3.8, 4) is 6.07 Å². The van der Waals surface area contributed by atoms with E-state index in [0.29, 0.717) is 41.3 Å². The maximum Gasteiger partial charge on any atom is 0.226 e. The molecule has 1 saturated heterocycles. The fourth-order valence-corrected chi connectivity index (χ4v) is 4.46. The van der Waals surface area contributed by atoms with Crippen LogP contribution in [0.1, 0.15) is 47.3 Å². The van der Waals surface area contributed by atoms with E-state index < -0.39 is 11.6 Å². The Morgan fingerprint density at radius 3 is 2.82 bits per heavy atom. The Balaban J connectivity index is 1.40. The first kappa shape index (κ1) is 25.2. The lowest BCUT2D eigenvalue weighted by Crippen LogP contribution is -2.22. The molecule has 5 rings (SSSR count). The molecule has 0 spiro atoms. The van der Waals surface area contributed by atoms with E-state index in [1.54, 1.807) is 18.3 Å². The molecule has 9 heteroatoms. The van der Waals surface area contributed by atoms with Gasteiger partial charge in [-0.1, -0.05) is 30.3 Å². The monoisotopic (exact) mass is 509 g/mol. The van der Waals surface area contributed by atoms with Crippen LogP contribution < -0.4 is 10.2 Å². The number of Topliss-reactive ketones (excluding diaryl/α,β-unsaturated/α-hetero) is 1. The summed E-state index contributed by atoms with van der Waals surface area (Å²) in [5, 5.41) is 12.8. The molecule has 0 radical (unpaired) electrons. The molecule has 4 aromatic rings. The molecule has 0 bridgehead atoms. The van der Waals surface area contributed by atoms with Gasteiger partial charge in [0.2, 0.25) is 5.95 Å². The number of fused-ring (bicyclic) bond motifs is 1. The summed E-state index contributed by atoms with van der Waals surface area (Å²) >= 11 is 0. The lowest BCUT2D eigenvalue weighted by molar-refractivity contribution is 0.0993. The molecule has 1 aliphatic heterocycles. The molecule has 2 aromatic heterocycles. The molecule has 38 heavy (non-hydrogen) atoms. The molecule has 1 atom stereocenters. The van der Waals surface area contributed by atoms with E-state index in [2.05, 4.69) is 31.3 Å². The number of hydrogen-bond donors (Lipinski definition) is 1. The largest absolute Gasteiger partial charge is 0.338 e. The summed E-state index contributed by atoms with van der Waals surface area (Å²) in [4.78, 5) is 32.6. The summed E-state index contributed by atoms with van der Waals surface area (Å²) < 4.78 is 13.7. The average Bonchev–Trinajstić information content (AvgIpc) is 3.36. The maximum absolute atomic E-state index is 13.7. The zero-order chi connectivity index (χ0) is 26.9. The molecule has 0 saturated carbocycles. The highest BCUT2D eigenvalue weighted by Crippen LogP contribution is 2.28. The van der Waals surface area contributed by atoms with Crippen molar-refractivity contribution >= 4 is 34.3 Å². The molecule has 2 aromatic carbocycles. The van der Waals surface area contributed by atoms with Gasteiger partial charge in [-0.2, -0.15) is 5.26 Å². The standard InChI is InChI=1S/C29H28FN7O/c1-18-7-8-19(12-25(38)20-5-4-6-21(13-20)29(2,3)16-31)11-23(18)35-27-26-24(33-17-34-27)14-32-28(36-26)37-10-9-22(30)15-37/h4-8,11,13-14,17,22H,9-10,12,15H2,1-3H3,(H,33,34,35)/t22-/m0/s1. The fourth-order valence-electron chi connectivity index (χ4n) is 4.46. The van der Waals surface area contributed by atoms with Crippen LogP contribution in [0.25, 0.3) is 11.0 Å². The number of nitriles is 1. The van der Waals surface area contributed by atoms with Crippen LogP contribution in [-0.4, -0.2) is 45.0 Å². The van der Waals surface area contributed by atoms with Gasteiger partial charge >= 0.3 is 0 Å². The van der Waals surface area contributed by atoms with Gasteiger partial charge in [0.05, 0.1) is 24.2 Å². The summed E-state index contributed by atoms with van der Waals surface area (Å²) in [7, 11) is 0. The van der Waals surface area contributed by atoms with Crippen LogP contribution in [0.5, 0.6) is 0 Å². The molecule has 0 amide bonds. The van der Waals surface area contributed by atoms with Crippen molar-refractivity contribution in [2.75, 3.05) is 23.3 Å². The van der Waals surface area contributed by atoms with Crippen molar-refractivity contribution in [1.82, 2.24) is 19.9 Å². The number of hydrogen-bond acceptors (Lipinski definition) is 8. The Hall–Kier alpha value is -4.45. The Kier molecular flexibility index (Phi) is 6.72. The maximum atomic E-state index is 13.7. The number of carbonyl (C=O) groups excluding carboxylic acids is 1. The van der Waals surface area contributed by atoms with Crippen LogP contribution in [0.15, 0.2) is 55.0 Å². The number of aryl methyl sites for hydroxylation is 1. The zero-order valence-electron chi connectivity index (χ0n) is 21.6. The SMILES string of the molecule is Cc1ccc(CC(=O)c2cccc(C(C)(C)C#N)c2)cc1Nc1ncnc2cnc(N3CC[C@H](F)C3)nc12. The van der Waals surface area contributed by atoms with Gasteiger partial charge in [-0.05, 0) is 56.0 Å². The second-order valence-corrected chi connectivity index (χ2v) is 10.1. The summed E-state index contributed by atoms with van der Waals surface area (Å²) in [5.41, 5.74) is 4.43. The summed E-state index contributed by atoms with van der Waals surface area (Å²) in [5.74, 6) is 0.929. The van der Waals surface area contributed by atoms with E-state index in [4.69, 9.17) is 0 Å². The number of aromatic nitrogens is 4. The van der Waals surface area contributed by atoms with E-state index in [-0.39, 0.29) is 18.7 Å². The topological polar surface area (TPSA) is 108 Å². The highest BCUT2D eigenvalue weighted by molar-refractivity contribution is 5.98. The average molecular weight is 510 g/mol. The normalized spacial score (nSPS) is 15.4. The minimum atomic E-state index is -0.882. The Morgan fingerprint density at radius 2 is 2.05 bits per heavy atom. The first-order valence-corrected chi connectivity index (χ1v) is 12.5. The van der Waals surface area contributed by atoms with Crippen molar-refractivity contribution in [2.45, 2.75) is 45.2 Å². The number of anilines is 3. The van der Waals surface area contributed by atoms with Crippen molar-refractivity contribution in [3.05, 3.63) is 77.2 Å². The fraction of sp³-hybridized carbons (Fsp3) is 0.310. The molecule has 192 valence electrons. The van der Waals surface area contributed by atoms with Crippen LogP contribution in [-0.2, 0) is 11.8 Å². The quantitative estimate of drug-likeness (QED) is 0.337. The molecule has 1 N–H and O–H groups in total. The number of nitrogens with one attached hydrogen (secondary N) is 1. The molecular formula is C29H28FN7O. The lowest BCUT2D eigenvalue weighted by Gasteiger charge is -2.17. The van der Waals surface area contributed by atoms with Crippen LogP contribution in [0, 0.1) is 18.3 Å². The van der Waals surface area contributed by atoms with Crippen LogP contribution >= 0.6 is 0 Å². The van der Waals surface area contributed by atoms with Crippen molar-refractivity contribution < 1.29 is 9.18 Å². The number of carbonyl (C=O) groups is 1. The molecule has 1 aliphatic rings. The van der Waals surface area contributed by atoms with E-state index in [1.807, 2.05) is 56.0 Å². The highest BCUT2D eigenvalue weighted by Gasteiger charge is 2.24. The predicted molar refractivity (Wildman–Crippen MR) is 144 cm³/mol. The van der Waals surface area contributed by atoms with E-state index in [9.17, 15) is 14.4 Å². The number of ketones is 1. The Morgan fingerprint density at radius 1 is 1.21 bits per heavy atom. The van der Waals surface area contributed by atoms with Gasteiger partial charge in [-0.3, -0.25) is 4.79 Å². The molecule has 8 nitrogen and oxygen atoms in total. The molecule has 1 fully saturated rings.